The lowest BCUT2D eigenvalue weighted by Gasteiger charge is -2.21. The zero-order chi connectivity index (χ0) is 22.9. The predicted molar refractivity (Wildman–Crippen MR) is 127 cm³/mol. The van der Waals surface area contributed by atoms with Gasteiger partial charge in [-0.1, -0.05) is 30.3 Å². The maximum Gasteiger partial charge on any atom is 0.243 e. The molecular weight excluding hydrogens is 444 g/mol. The van der Waals surface area contributed by atoms with Gasteiger partial charge in [0, 0.05) is 41.6 Å². The number of thiazole rings is 1. The molecule has 0 radical (unpaired) electrons. The lowest BCUT2D eigenvalue weighted by molar-refractivity contribution is -0.115. The van der Waals surface area contributed by atoms with Crippen LogP contribution in [0.15, 0.2) is 71.1 Å². The zero-order valence-electron chi connectivity index (χ0n) is 18.0. The second kappa shape index (κ2) is 8.85. The number of fused-ring (bicyclic) bond motifs is 1. The van der Waals surface area contributed by atoms with E-state index >= 15 is 0 Å². The highest BCUT2D eigenvalue weighted by Crippen LogP contribution is 2.24. The molecule has 32 heavy (non-hydrogen) atoms. The highest BCUT2D eigenvalue weighted by atomic mass is 32.2. The summed E-state index contributed by atoms with van der Waals surface area (Å²) in [5, 5.41) is 4.76. The van der Waals surface area contributed by atoms with Crippen LogP contribution in [0, 0.1) is 0 Å². The van der Waals surface area contributed by atoms with Crippen LogP contribution in [-0.4, -0.2) is 41.1 Å². The first-order chi connectivity index (χ1) is 15.3. The number of carbonyl (C=O) groups excluding carboxylic acids is 1. The molecule has 0 aliphatic heterocycles. The van der Waals surface area contributed by atoms with Crippen molar-refractivity contribution in [3.8, 4) is 11.3 Å². The van der Waals surface area contributed by atoms with Crippen molar-refractivity contribution in [3.05, 3.63) is 71.9 Å². The third kappa shape index (κ3) is 4.45. The molecule has 1 amide bonds. The molecule has 1 N–H and O–H groups in total. The SMILES string of the molecule is CC(C)N(C)S(=O)(=O)c1ccc(NC(=O)Cc2csc3nc(-c4ccccc4)cn23)cc1. The Balaban J connectivity index is 1.46. The molecule has 2 aromatic carbocycles. The Labute approximate surface area is 191 Å². The minimum Gasteiger partial charge on any atom is -0.326 e. The second-order valence-electron chi connectivity index (χ2n) is 7.74. The summed E-state index contributed by atoms with van der Waals surface area (Å²) in [6.45, 7) is 3.63. The van der Waals surface area contributed by atoms with Crippen molar-refractivity contribution >= 4 is 37.9 Å². The summed E-state index contributed by atoms with van der Waals surface area (Å²) >= 11 is 1.49. The molecule has 4 aromatic rings. The molecule has 2 heterocycles. The van der Waals surface area contributed by atoms with E-state index in [9.17, 15) is 13.2 Å². The molecule has 0 saturated heterocycles. The molecule has 4 rings (SSSR count). The van der Waals surface area contributed by atoms with E-state index in [4.69, 9.17) is 0 Å². The number of rotatable bonds is 7. The zero-order valence-corrected chi connectivity index (χ0v) is 19.7. The van der Waals surface area contributed by atoms with Gasteiger partial charge in [0.05, 0.1) is 17.0 Å². The van der Waals surface area contributed by atoms with Crippen LogP contribution >= 0.6 is 11.3 Å². The van der Waals surface area contributed by atoms with Crippen LogP contribution in [0.25, 0.3) is 16.2 Å². The second-order valence-corrected chi connectivity index (χ2v) is 10.6. The third-order valence-electron chi connectivity index (χ3n) is 5.24. The van der Waals surface area contributed by atoms with Crippen LogP contribution in [0.5, 0.6) is 0 Å². The van der Waals surface area contributed by atoms with Gasteiger partial charge >= 0.3 is 0 Å². The van der Waals surface area contributed by atoms with E-state index < -0.39 is 10.0 Å². The topological polar surface area (TPSA) is 83.8 Å². The van der Waals surface area contributed by atoms with E-state index in [1.54, 1.807) is 19.2 Å². The van der Waals surface area contributed by atoms with Gasteiger partial charge in [0.1, 0.15) is 0 Å². The Kier molecular flexibility index (Phi) is 6.14. The van der Waals surface area contributed by atoms with Crippen LogP contribution in [-0.2, 0) is 21.2 Å². The maximum atomic E-state index is 12.6. The predicted octanol–water partition coefficient (Wildman–Crippen LogP) is 4.27. The molecular formula is C23H24N4O3S2. The largest absolute Gasteiger partial charge is 0.326 e. The number of hydrogen-bond acceptors (Lipinski definition) is 5. The fraction of sp³-hybridized carbons (Fsp3) is 0.217. The summed E-state index contributed by atoms with van der Waals surface area (Å²) < 4.78 is 28.4. The maximum absolute atomic E-state index is 12.6. The van der Waals surface area contributed by atoms with E-state index in [1.165, 1.54) is 27.8 Å². The van der Waals surface area contributed by atoms with E-state index in [2.05, 4.69) is 10.3 Å². The summed E-state index contributed by atoms with van der Waals surface area (Å²) in [4.78, 5) is 18.3. The van der Waals surface area contributed by atoms with Gasteiger partial charge in [0.15, 0.2) is 4.96 Å². The smallest absolute Gasteiger partial charge is 0.243 e. The minimum atomic E-state index is -3.56. The van der Waals surface area contributed by atoms with Gasteiger partial charge in [0.25, 0.3) is 0 Å². The molecule has 0 aliphatic rings. The average molecular weight is 469 g/mol. The van der Waals surface area contributed by atoms with Crippen LogP contribution < -0.4 is 5.32 Å². The molecule has 9 heteroatoms. The lowest BCUT2D eigenvalue weighted by atomic mass is 10.2. The number of hydrogen-bond donors (Lipinski definition) is 1. The van der Waals surface area contributed by atoms with E-state index in [0.717, 1.165) is 21.9 Å². The van der Waals surface area contributed by atoms with Gasteiger partial charge in [0.2, 0.25) is 15.9 Å². The number of nitrogens with zero attached hydrogens (tertiary/aromatic N) is 3. The number of sulfonamides is 1. The van der Waals surface area contributed by atoms with Crippen molar-refractivity contribution < 1.29 is 13.2 Å². The molecule has 0 fully saturated rings. The first-order valence-electron chi connectivity index (χ1n) is 10.1. The number of aromatic nitrogens is 2. The molecule has 7 nitrogen and oxygen atoms in total. The molecule has 0 atom stereocenters. The summed E-state index contributed by atoms with van der Waals surface area (Å²) in [5.74, 6) is -0.186. The van der Waals surface area contributed by atoms with Gasteiger partial charge in [-0.15, -0.1) is 11.3 Å². The van der Waals surface area contributed by atoms with Gasteiger partial charge in [-0.25, -0.2) is 13.4 Å². The molecule has 0 aliphatic carbocycles. The van der Waals surface area contributed by atoms with Gasteiger partial charge in [-0.2, -0.15) is 4.31 Å². The molecule has 0 saturated carbocycles. The number of imidazole rings is 1. The molecule has 2 aromatic heterocycles. The van der Waals surface area contributed by atoms with Crippen molar-refractivity contribution in [2.75, 3.05) is 12.4 Å². The summed E-state index contributed by atoms with van der Waals surface area (Å²) in [7, 11) is -2.01. The van der Waals surface area contributed by atoms with Crippen molar-refractivity contribution in [1.29, 1.82) is 0 Å². The summed E-state index contributed by atoms with van der Waals surface area (Å²) in [6.07, 6.45) is 2.12. The highest BCUT2D eigenvalue weighted by Gasteiger charge is 2.23. The first-order valence-corrected chi connectivity index (χ1v) is 12.5. The van der Waals surface area contributed by atoms with Gasteiger partial charge < -0.3 is 5.32 Å². The Morgan fingerprint density at radius 2 is 1.81 bits per heavy atom. The normalized spacial score (nSPS) is 12.0. The van der Waals surface area contributed by atoms with Crippen LogP contribution in [0.1, 0.15) is 19.5 Å². The quantitative estimate of drug-likeness (QED) is 0.439. The highest BCUT2D eigenvalue weighted by molar-refractivity contribution is 7.89. The number of amides is 1. The minimum absolute atomic E-state index is 0.146. The van der Waals surface area contributed by atoms with Crippen LogP contribution in [0.2, 0.25) is 0 Å². The lowest BCUT2D eigenvalue weighted by Crippen LogP contribution is -2.33. The molecule has 0 spiro atoms. The standard InChI is InChI=1S/C23H24N4O3S2/c1-16(2)26(3)32(29,30)20-11-9-18(10-12-20)24-22(28)13-19-15-31-23-25-21(14-27(19)23)17-7-5-4-6-8-17/h4-12,14-16H,13H2,1-3H3,(H,24,28). The summed E-state index contributed by atoms with van der Waals surface area (Å²) in [6, 6.07) is 16.0. The Bertz CT molecular complexity index is 1340. The summed E-state index contributed by atoms with van der Waals surface area (Å²) in [5.41, 5.74) is 3.28. The number of nitrogens with one attached hydrogen (secondary N) is 1. The number of benzene rings is 2. The van der Waals surface area contributed by atoms with Crippen LogP contribution in [0.4, 0.5) is 5.69 Å². The number of carbonyl (C=O) groups is 1. The Hall–Kier alpha value is -3.01. The van der Waals surface area contributed by atoms with Crippen molar-refractivity contribution in [2.45, 2.75) is 31.2 Å². The fourth-order valence-corrected chi connectivity index (χ4v) is 5.47. The average Bonchev–Trinajstić information content (AvgIpc) is 3.36. The van der Waals surface area contributed by atoms with Crippen LogP contribution in [0.3, 0.4) is 0 Å². The molecule has 0 bridgehead atoms. The monoisotopic (exact) mass is 468 g/mol. The third-order valence-corrected chi connectivity index (χ3v) is 8.17. The Morgan fingerprint density at radius 3 is 2.47 bits per heavy atom. The van der Waals surface area contributed by atoms with Gasteiger partial charge in [-0.05, 0) is 38.1 Å². The van der Waals surface area contributed by atoms with Gasteiger partial charge in [-0.3, -0.25) is 9.20 Å². The molecule has 0 unspecified atom stereocenters. The fourth-order valence-electron chi connectivity index (χ4n) is 3.23. The van der Waals surface area contributed by atoms with Crippen molar-refractivity contribution in [1.82, 2.24) is 13.7 Å². The van der Waals surface area contributed by atoms with E-state index in [1.807, 2.05) is 60.2 Å². The van der Waals surface area contributed by atoms with Crippen molar-refractivity contribution in [2.24, 2.45) is 0 Å². The molecule has 166 valence electrons. The first kappa shape index (κ1) is 22.2. The van der Waals surface area contributed by atoms with E-state index in [-0.39, 0.29) is 23.3 Å². The number of anilines is 1. The van der Waals surface area contributed by atoms with Crippen molar-refractivity contribution in [3.63, 3.8) is 0 Å². The van der Waals surface area contributed by atoms with E-state index in [0.29, 0.717) is 5.69 Å². The Morgan fingerprint density at radius 1 is 1.12 bits per heavy atom.